The summed E-state index contributed by atoms with van der Waals surface area (Å²) in [4.78, 5) is 12.6. The fourth-order valence-electron chi connectivity index (χ4n) is 3.54. The van der Waals surface area contributed by atoms with E-state index in [0.717, 1.165) is 29.0 Å². The van der Waals surface area contributed by atoms with E-state index in [2.05, 4.69) is 5.32 Å². The van der Waals surface area contributed by atoms with E-state index in [9.17, 15) is 18.0 Å². The predicted molar refractivity (Wildman–Crippen MR) is 89.7 cm³/mol. The molecule has 6 heteroatoms. The third-order valence-corrected chi connectivity index (χ3v) is 5.07. The van der Waals surface area contributed by atoms with E-state index in [1.54, 1.807) is 0 Å². The lowest BCUT2D eigenvalue weighted by Gasteiger charge is -2.26. The molecule has 1 heterocycles. The number of rotatable bonds is 3. The van der Waals surface area contributed by atoms with Gasteiger partial charge >= 0.3 is 6.18 Å². The van der Waals surface area contributed by atoms with Crippen molar-refractivity contribution in [3.05, 3.63) is 65.2 Å². The molecule has 2 aromatic carbocycles. The number of hydrogen-bond donors (Lipinski definition) is 1. The Morgan fingerprint density at radius 3 is 2.54 bits per heavy atom. The minimum atomic E-state index is -4.34. The molecule has 136 valence electrons. The van der Waals surface area contributed by atoms with E-state index in [4.69, 9.17) is 4.74 Å². The van der Waals surface area contributed by atoms with Crippen LogP contribution in [0.5, 0.6) is 5.75 Å². The molecule has 0 unspecified atom stereocenters. The summed E-state index contributed by atoms with van der Waals surface area (Å²) in [6, 6.07) is 12.7. The average molecular weight is 361 g/mol. The minimum Gasteiger partial charge on any atom is -0.493 e. The third kappa shape index (κ3) is 3.28. The van der Waals surface area contributed by atoms with E-state index < -0.39 is 11.7 Å². The van der Waals surface area contributed by atoms with Crippen molar-refractivity contribution in [3.8, 4) is 5.75 Å². The van der Waals surface area contributed by atoms with Crippen LogP contribution in [0.1, 0.15) is 41.5 Å². The summed E-state index contributed by atoms with van der Waals surface area (Å²) in [6.07, 6.45) is -2.96. The van der Waals surface area contributed by atoms with Crippen molar-refractivity contribution in [1.29, 1.82) is 0 Å². The number of para-hydroxylation sites is 1. The topological polar surface area (TPSA) is 38.3 Å². The molecule has 3 nitrogen and oxygen atoms in total. The number of carbonyl (C=O) groups is 1. The van der Waals surface area contributed by atoms with Crippen LogP contribution in [0, 0.1) is 5.92 Å². The van der Waals surface area contributed by atoms with Gasteiger partial charge in [0.1, 0.15) is 5.75 Å². The maximum absolute atomic E-state index is 12.6. The zero-order valence-electron chi connectivity index (χ0n) is 13.9. The van der Waals surface area contributed by atoms with Crippen LogP contribution in [0.2, 0.25) is 0 Å². The quantitative estimate of drug-likeness (QED) is 0.877. The van der Waals surface area contributed by atoms with Crippen molar-refractivity contribution in [2.75, 3.05) is 6.61 Å². The third-order valence-electron chi connectivity index (χ3n) is 5.07. The molecule has 1 fully saturated rings. The molecular weight excluding hydrogens is 343 g/mol. The molecule has 1 aliphatic heterocycles. The summed E-state index contributed by atoms with van der Waals surface area (Å²) >= 11 is 0. The molecule has 4 rings (SSSR count). The largest absolute Gasteiger partial charge is 0.493 e. The van der Waals surface area contributed by atoms with Crippen LogP contribution < -0.4 is 10.1 Å². The number of alkyl halides is 3. The summed E-state index contributed by atoms with van der Waals surface area (Å²) in [5, 5.41) is 3.07. The highest BCUT2D eigenvalue weighted by molar-refractivity contribution is 5.83. The molecule has 2 aliphatic rings. The Kier molecular flexibility index (Phi) is 4.13. The summed E-state index contributed by atoms with van der Waals surface area (Å²) in [6.45, 7) is 0.551. The number of ether oxygens (including phenoxy) is 1. The van der Waals surface area contributed by atoms with Gasteiger partial charge in [0.25, 0.3) is 0 Å². The van der Waals surface area contributed by atoms with Crippen molar-refractivity contribution in [3.63, 3.8) is 0 Å². The smallest absolute Gasteiger partial charge is 0.416 e. The van der Waals surface area contributed by atoms with Gasteiger partial charge in [0.15, 0.2) is 0 Å². The molecule has 1 aliphatic carbocycles. The molecular formula is C20H18F3NO2. The number of carbonyl (C=O) groups excluding carboxylic acids is 1. The monoisotopic (exact) mass is 361 g/mol. The Morgan fingerprint density at radius 2 is 1.81 bits per heavy atom. The Hall–Kier alpha value is -2.50. The van der Waals surface area contributed by atoms with Gasteiger partial charge in [-0.3, -0.25) is 4.79 Å². The van der Waals surface area contributed by atoms with Crippen molar-refractivity contribution in [2.24, 2.45) is 5.92 Å². The predicted octanol–water partition coefficient (Wildman–Crippen LogP) is 4.45. The Balaban J connectivity index is 1.41. The lowest BCUT2D eigenvalue weighted by atomic mass is 10.00. The highest BCUT2D eigenvalue weighted by Gasteiger charge is 2.45. The standard InChI is InChI=1S/C20H18F3NO2/c21-20(22,23)13-7-5-12(6-8-13)15-11-16(15)19(25)24-17-9-10-26-18-4-2-1-3-14(17)18/h1-8,15-17H,9-11H2,(H,24,25)/t15-,16-,17+/m0/s1. The Bertz CT molecular complexity index is 817. The molecule has 1 N–H and O–H groups in total. The second-order valence-electron chi connectivity index (χ2n) is 6.80. The van der Waals surface area contributed by atoms with Gasteiger partial charge in [0, 0.05) is 17.9 Å². The second-order valence-corrected chi connectivity index (χ2v) is 6.80. The lowest BCUT2D eigenvalue weighted by molar-refractivity contribution is -0.137. The number of halogens is 3. The van der Waals surface area contributed by atoms with Crippen LogP contribution in [0.4, 0.5) is 13.2 Å². The van der Waals surface area contributed by atoms with Crippen molar-refractivity contribution < 1.29 is 22.7 Å². The summed E-state index contributed by atoms with van der Waals surface area (Å²) in [5.74, 6) is 0.560. The molecule has 0 spiro atoms. The van der Waals surface area contributed by atoms with E-state index in [0.29, 0.717) is 19.4 Å². The first-order valence-electron chi connectivity index (χ1n) is 8.63. The number of nitrogens with one attached hydrogen (secondary N) is 1. The van der Waals surface area contributed by atoms with Gasteiger partial charge in [0.05, 0.1) is 18.2 Å². The van der Waals surface area contributed by atoms with Crippen molar-refractivity contribution in [1.82, 2.24) is 5.32 Å². The number of benzene rings is 2. The molecule has 0 radical (unpaired) electrons. The van der Waals surface area contributed by atoms with Crippen LogP contribution >= 0.6 is 0 Å². The molecule has 3 atom stereocenters. The van der Waals surface area contributed by atoms with Gasteiger partial charge in [-0.25, -0.2) is 0 Å². The van der Waals surface area contributed by atoms with Gasteiger partial charge in [-0.2, -0.15) is 13.2 Å². The maximum atomic E-state index is 12.6. The molecule has 0 aromatic heterocycles. The first kappa shape index (κ1) is 16.9. The van der Waals surface area contributed by atoms with Gasteiger partial charge in [-0.1, -0.05) is 30.3 Å². The van der Waals surface area contributed by atoms with Gasteiger partial charge < -0.3 is 10.1 Å². The lowest BCUT2D eigenvalue weighted by Crippen LogP contribution is -2.33. The second kappa shape index (κ2) is 6.34. The zero-order chi connectivity index (χ0) is 18.3. The fourth-order valence-corrected chi connectivity index (χ4v) is 3.54. The molecule has 1 saturated carbocycles. The first-order valence-corrected chi connectivity index (χ1v) is 8.63. The summed E-state index contributed by atoms with van der Waals surface area (Å²) in [5.41, 5.74) is 1.09. The van der Waals surface area contributed by atoms with Crippen molar-refractivity contribution in [2.45, 2.75) is 31.0 Å². The Labute approximate surface area is 149 Å². The van der Waals surface area contributed by atoms with E-state index in [1.807, 2.05) is 24.3 Å². The molecule has 0 saturated heterocycles. The van der Waals surface area contributed by atoms with Crippen molar-refractivity contribution >= 4 is 5.91 Å². The van der Waals surface area contributed by atoms with Gasteiger partial charge in [0.2, 0.25) is 5.91 Å². The first-order chi connectivity index (χ1) is 12.4. The van der Waals surface area contributed by atoms with Crippen LogP contribution in [0.25, 0.3) is 0 Å². The van der Waals surface area contributed by atoms with Crippen LogP contribution in [-0.4, -0.2) is 12.5 Å². The van der Waals surface area contributed by atoms with Gasteiger partial charge in [-0.05, 0) is 36.1 Å². The van der Waals surface area contributed by atoms with Crippen LogP contribution in [-0.2, 0) is 11.0 Å². The highest BCUT2D eigenvalue weighted by Crippen LogP contribution is 2.48. The number of fused-ring (bicyclic) bond motifs is 1. The SMILES string of the molecule is O=C(N[C@@H]1CCOc2ccccc21)[C@H]1C[C@H]1c1ccc(C(F)(F)F)cc1. The van der Waals surface area contributed by atoms with E-state index in [1.165, 1.54) is 12.1 Å². The molecule has 26 heavy (non-hydrogen) atoms. The summed E-state index contributed by atoms with van der Waals surface area (Å²) in [7, 11) is 0. The maximum Gasteiger partial charge on any atom is 0.416 e. The van der Waals surface area contributed by atoms with Gasteiger partial charge in [-0.15, -0.1) is 0 Å². The number of amides is 1. The normalized spacial score (nSPS) is 24.3. The fraction of sp³-hybridized carbons (Fsp3) is 0.350. The van der Waals surface area contributed by atoms with E-state index in [-0.39, 0.29) is 23.8 Å². The number of hydrogen-bond acceptors (Lipinski definition) is 2. The summed E-state index contributed by atoms with van der Waals surface area (Å²) < 4.78 is 43.5. The van der Waals surface area contributed by atoms with Crippen LogP contribution in [0.15, 0.2) is 48.5 Å². The Morgan fingerprint density at radius 1 is 1.08 bits per heavy atom. The zero-order valence-corrected chi connectivity index (χ0v) is 13.9. The highest BCUT2D eigenvalue weighted by atomic mass is 19.4. The minimum absolute atomic E-state index is 0.00707. The van der Waals surface area contributed by atoms with Crippen LogP contribution in [0.3, 0.4) is 0 Å². The molecule has 0 bridgehead atoms. The van der Waals surface area contributed by atoms with E-state index >= 15 is 0 Å². The average Bonchev–Trinajstić information content (AvgIpc) is 3.42. The molecule has 1 amide bonds. The molecule has 2 aromatic rings.